The summed E-state index contributed by atoms with van der Waals surface area (Å²) >= 11 is 0. The van der Waals surface area contributed by atoms with E-state index in [4.69, 9.17) is 18.9 Å². The van der Waals surface area contributed by atoms with Crippen LogP contribution in [-0.4, -0.2) is 111 Å². The van der Waals surface area contributed by atoms with E-state index >= 15 is 0 Å². The second-order valence-corrected chi connectivity index (χ2v) is 25.6. The summed E-state index contributed by atoms with van der Waals surface area (Å²) in [6.07, 6.45) is 5.93. The fourth-order valence-corrected chi connectivity index (χ4v) is 13.6. The molecule has 0 aliphatic carbocycles. The number of carbonyl (C=O) groups excluding carboxylic acids is 2. The van der Waals surface area contributed by atoms with Crippen LogP contribution in [0.25, 0.3) is 43.9 Å². The second kappa shape index (κ2) is 24.2. The maximum atomic E-state index is 13.3. The van der Waals surface area contributed by atoms with Gasteiger partial charge in [0.1, 0.15) is 34.7 Å². The first-order valence-corrected chi connectivity index (χ1v) is 30.6. The van der Waals surface area contributed by atoms with Gasteiger partial charge in [-0.05, 0) is 160 Å². The molecule has 0 fully saturated rings. The molecule has 2 unspecified atom stereocenters. The zero-order valence-electron chi connectivity index (χ0n) is 54.0. The minimum Gasteiger partial charge on any atom is -0.489 e. The summed E-state index contributed by atoms with van der Waals surface area (Å²) in [5.41, 5.74) is 17.5. The van der Waals surface area contributed by atoms with Crippen LogP contribution in [-0.2, 0) is 73.4 Å². The molecule has 0 radical (unpaired) electrons. The Hall–Kier alpha value is -8.48. The normalized spacial score (nSPS) is 16.5. The third-order valence-corrected chi connectivity index (χ3v) is 18.8. The Morgan fingerprint density at radius 2 is 1.06 bits per heavy atom. The summed E-state index contributed by atoms with van der Waals surface area (Å²) in [6, 6.07) is 30.2. The first kappa shape index (κ1) is 61.2. The summed E-state index contributed by atoms with van der Waals surface area (Å²) in [5.74, 6) is 0.873. The van der Waals surface area contributed by atoms with Crippen LogP contribution in [0.1, 0.15) is 133 Å². The van der Waals surface area contributed by atoms with Crippen molar-refractivity contribution in [1.29, 1.82) is 0 Å². The van der Waals surface area contributed by atoms with Crippen LogP contribution in [0.2, 0.25) is 0 Å². The van der Waals surface area contributed by atoms with Gasteiger partial charge in [-0.25, -0.2) is 9.36 Å². The SMILES string of the molecule is CC[C@@H]1CN(Cc2cc(C(c3ccc4c(nnn4C)c3C)C(C)(C)C(=O)OC)ccc2C)Cc2cc3c(cnn3C)cc2O1.CC[C@@H]1CN(Cc2cc(C(c3ccc4c(nnn4C)c3C)C(C)(C)C(=O)OC)ccc2C)Cc2cc3nn(C)cc3cc2O1. The highest BCUT2D eigenvalue weighted by Crippen LogP contribution is 2.47. The molecule has 18 nitrogen and oxygen atoms in total. The van der Waals surface area contributed by atoms with E-state index in [9.17, 15) is 9.59 Å². The molecule has 6 heterocycles. The van der Waals surface area contributed by atoms with Crippen molar-refractivity contribution in [2.45, 2.75) is 132 Å². The molecule has 0 bridgehead atoms. The quantitative estimate of drug-likeness (QED) is 0.0940. The van der Waals surface area contributed by atoms with Gasteiger partial charge < -0.3 is 18.9 Å². The van der Waals surface area contributed by atoms with Gasteiger partial charge >= 0.3 is 11.9 Å². The molecule has 460 valence electrons. The average molecular weight is 1190 g/mol. The van der Waals surface area contributed by atoms with Crippen molar-refractivity contribution in [1.82, 2.24) is 59.3 Å². The molecule has 0 saturated carbocycles. The Bertz CT molecular complexity index is 4270. The Labute approximate surface area is 515 Å². The Balaban J connectivity index is 0.000000182. The predicted octanol–water partition coefficient (Wildman–Crippen LogP) is 12.0. The van der Waals surface area contributed by atoms with Crippen molar-refractivity contribution < 1.29 is 28.5 Å². The number of rotatable bonds is 14. The van der Waals surface area contributed by atoms with Gasteiger partial charge in [0, 0.05) is 107 Å². The van der Waals surface area contributed by atoms with Gasteiger partial charge in [0.25, 0.3) is 0 Å². The minimum atomic E-state index is -0.835. The zero-order chi connectivity index (χ0) is 62.7. The molecular weight excluding hydrogens is 1100 g/mol. The summed E-state index contributed by atoms with van der Waals surface area (Å²) in [5, 5.41) is 28.6. The molecule has 2 aliphatic heterocycles. The standard InChI is InChI=1S/2C35H42N6O3/c1-9-27-20-41(19-26-15-30-24(16-31(26)44-27)17-36-39(30)6)18-25-14-23(11-10-21(25)2)32(35(4,5)34(42)43-8)28-12-13-29-33(22(28)3)37-38-40(29)7;1-9-27-20-41(19-26-15-29-25(16-31(26)44-27)17-39(6)37-29)18-24-14-23(11-10-21(24)2)32(35(4,5)34(42)43-8)28-12-13-30-33(22(28)3)36-38-40(30)7/h2*10-17,27,32H,9,18-20H2,1-8H3/t2*27-,32?/m11/s1. The van der Waals surface area contributed by atoms with E-state index in [0.29, 0.717) is 0 Å². The number of hydrogen-bond acceptors (Lipinski definition) is 14. The smallest absolute Gasteiger partial charge is 0.312 e. The Kier molecular flexibility index (Phi) is 16.9. The number of fused-ring (bicyclic) bond motifs is 6. The second-order valence-electron chi connectivity index (χ2n) is 25.6. The van der Waals surface area contributed by atoms with Crippen LogP contribution in [0.3, 0.4) is 0 Å². The van der Waals surface area contributed by atoms with Gasteiger partial charge in [0.2, 0.25) is 0 Å². The van der Waals surface area contributed by atoms with Crippen molar-refractivity contribution in [2.75, 3.05) is 27.3 Å². The summed E-state index contributed by atoms with van der Waals surface area (Å²) in [7, 11) is 10.6. The zero-order valence-corrected chi connectivity index (χ0v) is 54.0. The van der Waals surface area contributed by atoms with Crippen LogP contribution >= 0.6 is 0 Å². The van der Waals surface area contributed by atoms with E-state index in [2.05, 4.69) is 155 Å². The third kappa shape index (κ3) is 11.5. The lowest BCUT2D eigenvalue weighted by Crippen LogP contribution is -2.34. The number of nitrogens with zero attached hydrogens (tertiary/aromatic N) is 12. The highest BCUT2D eigenvalue weighted by Gasteiger charge is 2.43. The number of esters is 2. The number of aryl methyl sites for hydroxylation is 8. The Morgan fingerprint density at radius 1 is 0.591 bits per heavy atom. The molecule has 0 spiro atoms. The largest absolute Gasteiger partial charge is 0.489 e. The van der Waals surface area contributed by atoms with Gasteiger partial charge in [-0.1, -0.05) is 72.8 Å². The lowest BCUT2D eigenvalue weighted by molar-refractivity contribution is -0.152. The molecule has 10 aromatic rings. The first-order valence-electron chi connectivity index (χ1n) is 30.6. The number of ether oxygens (including phenoxy) is 4. The summed E-state index contributed by atoms with van der Waals surface area (Å²) in [6.45, 7) is 25.4. The fourth-order valence-electron chi connectivity index (χ4n) is 13.6. The molecule has 12 rings (SSSR count). The number of carbonyl (C=O) groups is 2. The molecule has 18 heteroatoms. The average Bonchev–Trinajstić information content (AvgIpc) is 1.58. The van der Waals surface area contributed by atoms with Crippen molar-refractivity contribution in [3.8, 4) is 11.5 Å². The lowest BCUT2D eigenvalue weighted by Gasteiger charge is -2.34. The Morgan fingerprint density at radius 3 is 1.52 bits per heavy atom. The van der Waals surface area contributed by atoms with Crippen LogP contribution in [0.15, 0.2) is 97.3 Å². The minimum absolute atomic E-state index is 0.0845. The predicted molar refractivity (Wildman–Crippen MR) is 343 cm³/mol. The van der Waals surface area contributed by atoms with E-state index in [1.807, 2.05) is 89.8 Å². The maximum Gasteiger partial charge on any atom is 0.312 e. The molecule has 0 amide bonds. The van der Waals surface area contributed by atoms with E-state index in [0.717, 1.165) is 146 Å². The van der Waals surface area contributed by atoms with E-state index in [1.165, 1.54) is 42.0 Å². The summed E-state index contributed by atoms with van der Waals surface area (Å²) in [4.78, 5) is 31.6. The van der Waals surface area contributed by atoms with Gasteiger partial charge in [-0.2, -0.15) is 10.2 Å². The molecule has 88 heavy (non-hydrogen) atoms. The van der Waals surface area contributed by atoms with Gasteiger partial charge in [-0.3, -0.25) is 28.8 Å². The molecule has 0 saturated heterocycles. The third-order valence-electron chi connectivity index (χ3n) is 18.8. The molecule has 4 atom stereocenters. The number of hydrogen-bond donors (Lipinski definition) is 0. The van der Waals surface area contributed by atoms with E-state index < -0.39 is 10.8 Å². The van der Waals surface area contributed by atoms with Crippen molar-refractivity contribution in [3.63, 3.8) is 0 Å². The molecule has 4 aromatic heterocycles. The molecule has 0 N–H and O–H groups in total. The molecule has 2 aliphatic rings. The van der Waals surface area contributed by atoms with Gasteiger partial charge in [0.05, 0.1) is 53.3 Å². The van der Waals surface area contributed by atoms with Gasteiger partial charge in [0.15, 0.2) is 0 Å². The maximum absolute atomic E-state index is 13.3. The van der Waals surface area contributed by atoms with Gasteiger partial charge in [-0.15, -0.1) is 10.2 Å². The summed E-state index contributed by atoms with van der Waals surface area (Å²) < 4.78 is 31.1. The van der Waals surface area contributed by atoms with E-state index in [-0.39, 0.29) is 36.0 Å². The van der Waals surface area contributed by atoms with Crippen molar-refractivity contribution in [2.24, 2.45) is 39.0 Å². The van der Waals surface area contributed by atoms with Crippen molar-refractivity contribution in [3.05, 3.63) is 164 Å². The number of aromatic nitrogens is 10. The highest BCUT2D eigenvalue weighted by molar-refractivity contribution is 5.85. The van der Waals surface area contributed by atoms with Crippen LogP contribution < -0.4 is 9.47 Å². The molecular formula is C70H84N12O6. The van der Waals surface area contributed by atoms with Crippen LogP contribution in [0.4, 0.5) is 0 Å². The van der Waals surface area contributed by atoms with Crippen LogP contribution in [0.5, 0.6) is 11.5 Å². The van der Waals surface area contributed by atoms with E-state index in [1.54, 1.807) is 9.36 Å². The lowest BCUT2D eigenvalue weighted by atomic mass is 9.69. The van der Waals surface area contributed by atoms with Crippen LogP contribution in [0, 0.1) is 38.5 Å². The fraction of sp³-hybridized carbons (Fsp3) is 0.429. The first-order chi connectivity index (χ1) is 42.0. The monoisotopic (exact) mass is 1190 g/mol. The van der Waals surface area contributed by atoms with Crippen molar-refractivity contribution >= 4 is 55.8 Å². The number of benzene rings is 6. The topological polar surface area (TPSA) is 175 Å². The number of methoxy groups -OCH3 is 2. The highest BCUT2D eigenvalue weighted by atomic mass is 16.5. The molecule has 6 aromatic carbocycles.